The van der Waals surface area contributed by atoms with E-state index in [-0.39, 0.29) is 47.3 Å². The van der Waals surface area contributed by atoms with Gasteiger partial charge in [0.15, 0.2) is 0 Å². The highest BCUT2D eigenvalue weighted by molar-refractivity contribution is 7.87. The lowest BCUT2D eigenvalue weighted by molar-refractivity contribution is 0.0949. The van der Waals surface area contributed by atoms with Gasteiger partial charge in [0.2, 0.25) is 0 Å². The highest BCUT2D eigenvalue weighted by Crippen LogP contribution is 2.34. The summed E-state index contributed by atoms with van der Waals surface area (Å²) >= 11 is 24.3. The zero-order chi connectivity index (χ0) is 23.9. The minimum atomic E-state index is -4.47. The van der Waals surface area contributed by atoms with Gasteiger partial charge in [0.25, 0.3) is 11.8 Å². The third kappa shape index (κ3) is 4.49. The van der Waals surface area contributed by atoms with Gasteiger partial charge >= 0.3 is 10.1 Å². The monoisotopic (exact) mass is 544 g/mol. The van der Waals surface area contributed by atoms with Crippen LogP contribution in [0.4, 0.5) is 0 Å². The average Bonchev–Trinajstić information content (AvgIpc) is 3.12. The molecule has 0 atom stereocenters. The first-order chi connectivity index (χ1) is 15.6. The second kappa shape index (κ2) is 9.04. The molecule has 170 valence electrons. The van der Waals surface area contributed by atoms with E-state index >= 15 is 0 Å². The zero-order valence-corrected chi connectivity index (χ0v) is 20.4. The van der Waals surface area contributed by atoms with Gasteiger partial charge in [-0.2, -0.15) is 13.1 Å². The fraction of sp³-hybridized carbons (Fsp3) is 0.0476. The first-order valence-electron chi connectivity index (χ1n) is 9.07. The van der Waals surface area contributed by atoms with Crippen LogP contribution in [-0.4, -0.2) is 31.2 Å². The van der Waals surface area contributed by atoms with Crippen LogP contribution in [0, 0.1) is 0 Å². The van der Waals surface area contributed by atoms with Crippen molar-refractivity contribution in [3.8, 4) is 11.6 Å². The number of fused-ring (bicyclic) bond motifs is 1. The number of aromatic nitrogens is 2. The van der Waals surface area contributed by atoms with Gasteiger partial charge in [-0.1, -0.05) is 52.5 Å². The molecule has 7 nitrogen and oxygen atoms in total. The van der Waals surface area contributed by atoms with Crippen LogP contribution < -0.4 is 8.92 Å². The van der Waals surface area contributed by atoms with Crippen molar-refractivity contribution in [1.29, 1.82) is 0 Å². The number of carbonyl (C=O) groups excluding carboxylic acids is 1. The number of nitrogens with zero attached hydrogens (tertiary/aromatic N) is 2. The Hall–Kier alpha value is -2.49. The SMILES string of the molecule is COc1ccc2c(c1)c(OS(=O)(=O)c1cc(Cl)ccc1Cl)nn2C(=O)c1c(Cl)cccc1Cl. The van der Waals surface area contributed by atoms with E-state index in [1.165, 1.54) is 43.5 Å². The highest BCUT2D eigenvalue weighted by atomic mass is 35.5. The van der Waals surface area contributed by atoms with E-state index in [2.05, 4.69) is 5.10 Å². The van der Waals surface area contributed by atoms with Crippen LogP contribution in [0.3, 0.4) is 0 Å². The summed E-state index contributed by atoms with van der Waals surface area (Å²) in [5, 5.41) is 4.54. The largest absolute Gasteiger partial charge is 0.497 e. The molecule has 4 rings (SSSR count). The lowest BCUT2D eigenvalue weighted by Gasteiger charge is -2.07. The number of carbonyl (C=O) groups is 1. The Morgan fingerprint density at radius 2 is 1.64 bits per heavy atom. The molecule has 0 aliphatic heterocycles. The van der Waals surface area contributed by atoms with Crippen LogP contribution in [-0.2, 0) is 10.1 Å². The number of rotatable bonds is 5. The summed E-state index contributed by atoms with van der Waals surface area (Å²) in [5.74, 6) is -0.682. The van der Waals surface area contributed by atoms with Gasteiger partial charge in [-0.05, 0) is 48.5 Å². The molecule has 33 heavy (non-hydrogen) atoms. The van der Waals surface area contributed by atoms with Gasteiger partial charge in [0, 0.05) is 5.02 Å². The van der Waals surface area contributed by atoms with Crippen molar-refractivity contribution >= 4 is 73.3 Å². The number of methoxy groups -OCH3 is 1. The van der Waals surface area contributed by atoms with E-state index in [4.69, 9.17) is 55.3 Å². The molecule has 1 aromatic heterocycles. The molecule has 0 aliphatic carbocycles. The molecule has 3 aromatic carbocycles. The van der Waals surface area contributed by atoms with E-state index in [0.717, 1.165) is 10.7 Å². The van der Waals surface area contributed by atoms with Crippen molar-refractivity contribution in [3.05, 3.63) is 80.3 Å². The van der Waals surface area contributed by atoms with Crippen molar-refractivity contribution in [2.75, 3.05) is 7.11 Å². The molecule has 0 saturated carbocycles. The Morgan fingerprint density at radius 1 is 0.939 bits per heavy atom. The second-order valence-corrected chi connectivity index (χ2v) is 9.79. The Balaban J connectivity index is 1.89. The molecular formula is C21H12Cl4N2O5S. The molecule has 0 bridgehead atoms. The summed E-state index contributed by atoms with van der Waals surface area (Å²) in [6.45, 7) is 0. The van der Waals surface area contributed by atoms with Crippen molar-refractivity contribution in [2.45, 2.75) is 4.90 Å². The number of ether oxygens (including phenoxy) is 1. The molecule has 0 radical (unpaired) electrons. The number of hydrogen-bond acceptors (Lipinski definition) is 6. The number of halogens is 4. The molecule has 0 N–H and O–H groups in total. The molecule has 0 unspecified atom stereocenters. The Morgan fingerprint density at radius 3 is 2.30 bits per heavy atom. The maximum Gasteiger partial charge on any atom is 0.342 e. The van der Waals surface area contributed by atoms with Crippen LogP contribution in [0.25, 0.3) is 10.9 Å². The number of hydrogen-bond donors (Lipinski definition) is 0. The van der Waals surface area contributed by atoms with E-state index in [1.54, 1.807) is 12.1 Å². The lowest BCUT2D eigenvalue weighted by atomic mass is 10.2. The Bertz CT molecular complexity index is 1500. The lowest BCUT2D eigenvalue weighted by Crippen LogP contribution is -2.16. The average molecular weight is 546 g/mol. The van der Waals surface area contributed by atoms with Crippen molar-refractivity contribution < 1.29 is 22.1 Å². The minimum absolute atomic E-state index is 0.00616. The van der Waals surface area contributed by atoms with Crippen molar-refractivity contribution in [2.24, 2.45) is 0 Å². The van der Waals surface area contributed by atoms with E-state index in [1.807, 2.05) is 0 Å². The summed E-state index contributed by atoms with van der Waals surface area (Å²) in [6, 6.07) is 13.1. The van der Waals surface area contributed by atoms with Gasteiger partial charge < -0.3 is 8.92 Å². The van der Waals surface area contributed by atoms with Crippen LogP contribution >= 0.6 is 46.4 Å². The number of benzene rings is 3. The minimum Gasteiger partial charge on any atom is -0.497 e. The standard InChI is InChI=1S/C21H12Cl4N2O5S/c1-31-12-6-8-17-13(10-12)20(32-33(29,30)18-9-11(22)5-7-14(18)23)26-27(17)21(28)19-15(24)3-2-4-16(19)25/h2-10H,1H3. The summed E-state index contributed by atoms with van der Waals surface area (Å²) in [6.07, 6.45) is 0. The van der Waals surface area contributed by atoms with Crippen LogP contribution in [0.5, 0.6) is 11.6 Å². The molecule has 0 aliphatic rings. The summed E-state index contributed by atoms with van der Waals surface area (Å²) in [7, 11) is -3.03. The molecule has 0 saturated heterocycles. The second-order valence-electron chi connectivity index (χ2n) is 6.61. The highest BCUT2D eigenvalue weighted by Gasteiger charge is 2.27. The van der Waals surface area contributed by atoms with Gasteiger partial charge in [0.05, 0.1) is 38.6 Å². The van der Waals surface area contributed by atoms with E-state index in [0.29, 0.717) is 5.75 Å². The van der Waals surface area contributed by atoms with Crippen LogP contribution in [0.2, 0.25) is 20.1 Å². The smallest absolute Gasteiger partial charge is 0.342 e. The fourth-order valence-corrected chi connectivity index (χ4v) is 5.23. The third-order valence-corrected chi connectivity index (χ3v) is 7.13. The molecule has 0 fully saturated rings. The quantitative estimate of drug-likeness (QED) is 0.281. The third-order valence-electron chi connectivity index (χ3n) is 4.57. The summed E-state index contributed by atoms with van der Waals surface area (Å²) in [4.78, 5) is 12.9. The first kappa shape index (κ1) is 23.7. The molecule has 0 spiro atoms. The van der Waals surface area contributed by atoms with Crippen LogP contribution in [0.15, 0.2) is 59.5 Å². The van der Waals surface area contributed by atoms with Gasteiger partial charge in [0.1, 0.15) is 10.6 Å². The van der Waals surface area contributed by atoms with Gasteiger partial charge in [-0.3, -0.25) is 4.79 Å². The fourth-order valence-electron chi connectivity index (χ4n) is 3.04. The maximum atomic E-state index is 13.3. The Kier molecular flexibility index (Phi) is 6.48. The molecular weight excluding hydrogens is 534 g/mol. The van der Waals surface area contributed by atoms with Crippen LogP contribution in [0.1, 0.15) is 10.4 Å². The predicted octanol–water partition coefficient (Wildman–Crippen LogP) is 6.11. The molecule has 1 heterocycles. The molecule has 0 amide bonds. The topological polar surface area (TPSA) is 87.5 Å². The van der Waals surface area contributed by atoms with E-state index < -0.39 is 16.0 Å². The van der Waals surface area contributed by atoms with Gasteiger partial charge in [-0.25, -0.2) is 0 Å². The molecule has 4 aromatic rings. The summed E-state index contributed by atoms with van der Waals surface area (Å²) in [5.41, 5.74) is 0.229. The zero-order valence-electron chi connectivity index (χ0n) is 16.6. The van der Waals surface area contributed by atoms with Crippen molar-refractivity contribution in [3.63, 3.8) is 0 Å². The molecule has 12 heteroatoms. The van der Waals surface area contributed by atoms with Crippen molar-refractivity contribution in [1.82, 2.24) is 9.78 Å². The predicted molar refractivity (Wildman–Crippen MR) is 127 cm³/mol. The normalized spacial score (nSPS) is 11.5. The Labute approximate surface area is 208 Å². The summed E-state index contributed by atoms with van der Waals surface area (Å²) < 4.78 is 37.4. The van der Waals surface area contributed by atoms with E-state index in [9.17, 15) is 13.2 Å². The maximum absolute atomic E-state index is 13.3. The first-order valence-corrected chi connectivity index (χ1v) is 12.0. The van der Waals surface area contributed by atoms with Gasteiger partial charge in [-0.15, -0.1) is 5.10 Å².